The molecular weight excluding hydrogens is 280 g/mol. The molecule has 0 aromatic heterocycles. The highest BCUT2D eigenvalue weighted by molar-refractivity contribution is 5.89. The first-order valence-electron chi connectivity index (χ1n) is 7.92. The zero-order chi connectivity index (χ0) is 15.8. The zero-order valence-electron chi connectivity index (χ0n) is 13.1. The number of aryl methyl sites for hydroxylation is 2. The van der Waals surface area contributed by atoms with Crippen LogP contribution in [0.5, 0.6) is 0 Å². The first-order chi connectivity index (χ1) is 10.7. The average molecular weight is 304 g/mol. The van der Waals surface area contributed by atoms with Crippen LogP contribution in [0.3, 0.4) is 0 Å². The van der Waals surface area contributed by atoms with Gasteiger partial charge in [0.05, 0.1) is 7.11 Å². The number of amides is 2. The maximum absolute atomic E-state index is 11.8. The van der Waals surface area contributed by atoms with Crippen molar-refractivity contribution in [3.8, 4) is 0 Å². The maximum atomic E-state index is 11.8. The van der Waals surface area contributed by atoms with E-state index in [0.717, 1.165) is 37.8 Å². The van der Waals surface area contributed by atoms with E-state index < -0.39 is 0 Å². The number of unbranched alkanes of at least 4 members (excludes halogenated alkanes) is 2. The van der Waals surface area contributed by atoms with Gasteiger partial charge in [0.2, 0.25) is 0 Å². The molecule has 0 heterocycles. The molecule has 0 saturated carbocycles. The molecule has 0 spiro atoms. The lowest BCUT2D eigenvalue weighted by atomic mass is 10.1. The second-order valence-corrected chi connectivity index (χ2v) is 5.60. The van der Waals surface area contributed by atoms with Gasteiger partial charge in [-0.05, 0) is 55.4 Å². The van der Waals surface area contributed by atoms with Gasteiger partial charge in [0.15, 0.2) is 0 Å². The predicted octanol–water partition coefficient (Wildman–Crippen LogP) is 3.03. The highest BCUT2D eigenvalue weighted by atomic mass is 16.5. The predicted molar refractivity (Wildman–Crippen MR) is 86.0 cm³/mol. The summed E-state index contributed by atoms with van der Waals surface area (Å²) in [6, 6.07) is 5.95. The number of ether oxygens (including phenoxy) is 1. The molecule has 1 aromatic carbocycles. The van der Waals surface area contributed by atoms with Gasteiger partial charge in [-0.1, -0.05) is 12.5 Å². The van der Waals surface area contributed by atoms with E-state index in [0.29, 0.717) is 13.0 Å². The lowest BCUT2D eigenvalue weighted by molar-refractivity contribution is -0.140. The molecule has 120 valence electrons. The van der Waals surface area contributed by atoms with Crippen LogP contribution in [0.2, 0.25) is 0 Å². The summed E-state index contributed by atoms with van der Waals surface area (Å²) >= 11 is 0. The molecule has 0 saturated heterocycles. The van der Waals surface area contributed by atoms with E-state index in [2.05, 4.69) is 27.5 Å². The van der Waals surface area contributed by atoms with E-state index >= 15 is 0 Å². The Morgan fingerprint density at radius 1 is 1.14 bits per heavy atom. The van der Waals surface area contributed by atoms with Crippen LogP contribution in [0.1, 0.15) is 43.2 Å². The second-order valence-electron chi connectivity index (χ2n) is 5.60. The molecule has 1 aliphatic carbocycles. The Morgan fingerprint density at radius 3 is 2.77 bits per heavy atom. The monoisotopic (exact) mass is 304 g/mol. The molecule has 2 N–H and O–H groups in total. The molecule has 0 unspecified atom stereocenters. The summed E-state index contributed by atoms with van der Waals surface area (Å²) in [5, 5.41) is 5.70. The minimum atomic E-state index is -0.178. The van der Waals surface area contributed by atoms with E-state index in [-0.39, 0.29) is 12.0 Å². The number of rotatable bonds is 7. The Kier molecular flexibility index (Phi) is 6.25. The van der Waals surface area contributed by atoms with Crippen molar-refractivity contribution in [1.29, 1.82) is 0 Å². The van der Waals surface area contributed by atoms with Crippen molar-refractivity contribution >= 4 is 17.7 Å². The molecule has 2 amide bonds. The molecule has 0 bridgehead atoms. The van der Waals surface area contributed by atoms with Gasteiger partial charge in [-0.25, -0.2) is 4.79 Å². The van der Waals surface area contributed by atoms with Crippen molar-refractivity contribution < 1.29 is 14.3 Å². The third-order valence-electron chi connectivity index (χ3n) is 3.93. The molecule has 0 atom stereocenters. The number of esters is 1. The molecular formula is C17H24N2O3. The molecule has 5 nitrogen and oxygen atoms in total. The molecule has 1 aliphatic rings. The smallest absolute Gasteiger partial charge is 0.319 e. The van der Waals surface area contributed by atoms with E-state index in [1.807, 2.05) is 6.07 Å². The van der Waals surface area contributed by atoms with E-state index in [4.69, 9.17) is 0 Å². The van der Waals surface area contributed by atoms with Crippen LogP contribution < -0.4 is 10.6 Å². The van der Waals surface area contributed by atoms with Gasteiger partial charge in [-0.15, -0.1) is 0 Å². The van der Waals surface area contributed by atoms with Crippen molar-refractivity contribution in [2.24, 2.45) is 0 Å². The van der Waals surface area contributed by atoms with Gasteiger partial charge in [0, 0.05) is 18.7 Å². The van der Waals surface area contributed by atoms with Crippen LogP contribution in [0.4, 0.5) is 10.5 Å². The molecule has 2 rings (SSSR count). The number of benzene rings is 1. The highest BCUT2D eigenvalue weighted by Gasteiger charge is 2.11. The minimum Gasteiger partial charge on any atom is -0.469 e. The summed E-state index contributed by atoms with van der Waals surface area (Å²) in [7, 11) is 1.40. The van der Waals surface area contributed by atoms with Crippen LogP contribution in [-0.4, -0.2) is 25.7 Å². The number of fused-ring (bicyclic) bond motifs is 1. The molecule has 0 fully saturated rings. The number of hydrogen-bond donors (Lipinski definition) is 2. The van der Waals surface area contributed by atoms with Gasteiger partial charge in [0.25, 0.3) is 0 Å². The van der Waals surface area contributed by atoms with Crippen molar-refractivity contribution in [3.05, 3.63) is 29.3 Å². The standard InChI is InChI=1S/C17H24N2O3/c1-22-16(20)8-3-2-4-11-18-17(21)19-15-10-9-13-6-5-7-14(13)12-15/h9-10,12H,2-8,11H2,1H3,(H2,18,19,21). The molecule has 22 heavy (non-hydrogen) atoms. The number of urea groups is 1. The van der Waals surface area contributed by atoms with Crippen LogP contribution in [0.15, 0.2) is 18.2 Å². The van der Waals surface area contributed by atoms with Crippen molar-refractivity contribution in [2.75, 3.05) is 19.0 Å². The molecule has 0 aliphatic heterocycles. The third-order valence-corrected chi connectivity index (χ3v) is 3.93. The topological polar surface area (TPSA) is 67.4 Å². The Hall–Kier alpha value is -2.04. The Balaban J connectivity index is 1.61. The van der Waals surface area contributed by atoms with E-state index in [1.54, 1.807) is 0 Å². The van der Waals surface area contributed by atoms with Crippen molar-refractivity contribution in [3.63, 3.8) is 0 Å². The molecule has 5 heteroatoms. The number of carbonyl (C=O) groups excluding carboxylic acids is 2. The lowest BCUT2D eigenvalue weighted by Gasteiger charge is -2.09. The Morgan fingerprint density at radius 2 is 1.95 bits per heavy atom. The first-order valence-corrected chi connectivity index (χ1v) is 7.92. The fraction of sp³-hybridized carbons (Fsp3) is 0.529. The molecule has 0 radical (unpaired) electrons. The highest BCUT2D eigenvalue weighted by Crippen LogP contribution is 2.24. The van der Waals surface area contributed by atoms with Gasteiger partial charge in [-0.3, -0.25) is 4.79 Å². The number of nitrogens with one attached hydrogen (secondary N) is 2. The maximum Gasteiger partial charge on any atom is 0.319 e. The fourth-order valence-electron chi connectivity index (χ4n) is 2.70. The Labute approximate surface area is 131 Å². The number of anilines is 1. The summed E-state index contributed by atoms with van der Waals surface area (Å²) in [5.74, 6) is -0.178. The van der Waals surface area contributed by atoms with Gasteiger partial charge in [-0.2, -0.15) is 0 Å². The number of hydrogen-bond acceptors (Lipinski definition) is 3. The average Bonchev–Trinajstić information content (AvgIpc) is 2.98. The van der Waals surface area contributed by atoms with Crippen LogP contribution in [-0.2, 0) is 22.4 Å². The lowest BCUT2D eigenvalue weighted by Crippen LogP contribution is -2.29. The fourth-order valence-corrected chi connectivity index (χ4v) is 2.70. The van der Waals surface area contributed by atoms with Crippen molar-refractivity contribution in [2.45, 2.75) is 44.9 Å². The van der Waals surface area contributed by atoms with Gasteiger partial charge < -0.3 is 15.4 Å². The summed E-state index contributed by atoms with van der Waals surface area (Å²) in [5.41, 5.74) is 3.60. The van der Waals surface area contributed by atoms with Crippen molar-refractivity contribution in [1.82, 2.24) is 5.32 Å². The third kappa shape index (κ3) is 5.06. The second kappa shape index (κ2) is 8.41. The SMILES string of the molecule is COC(=O)CCCCCNC(=O)Nc1ccc2c(c1)CCC2. The van der Waals surface area contributed by atoms with Gasteiger partial charge >= 0.3 is 12.0 Å². The Bertz CT molecular complexity index is 529. The number of carbonyl (C=O) groups is 2. The van der Waals surface area contributed by atoms with Gasteiger partial charge in [0.1, 0.15) is 0 Å². The normalized spacial score (nSPS) is 12.6. The van der Waals surface area contributed by atoms with Crippen LogP contribution >= 0.6 is 0 Å². The summed E-state index contributed by atoms with van der Waals surface area (Å²) in [6.45, 7) is 0.609. The summed E-state index contributed by atoms with van der Waals surface area (Å²) < 4.78 is 4.57. The zero-order valence-corrected chi connectivity index (χ0v) is 13.1. The quantitative estimate of drug-likeness (QED) is 0.601. The van der Waals surface area contributed by atoms with Crippen LogP contribution in [0.25, 0.3) is 0 Å². The summed E-state index contributed by atoms with van der Waals surface area (Å²) in [4.78, 5) is 22.7. The van der Waals surface area contributed by atoms with E-state index in [1.165, 1.54) is 24.7 Å². The van der Waals surface area contributed by atoms with E-state index in [9.17, 15) is 9.59 Å². The largest absolute Gasteiger partial charge is 0.469 e. The first kappa shape index (κ1) is 16.3. The minimum absolute atomic E-state index is 0.175. The molecule has 1 aromatic rings. The summed E-state index contributed by atoms with van der Waals surface area (Å²) in [6.07, 6.45) is 6.44. The number of methoxy groups -OCH3 is 1. The van der Waals surface area contributed by atoms with Crippen LogP contribution in [0, 0.1) is 0 Å².